The average Bonchev–Trinajstić information content (AvgIpc) is 2.35. The van der Waals surface area contributed by atoms with Gasteiger partial charge in [0, 0.05) is 12.6 Å². The molecule has 0 amide bonds. The van der Waals surface area contributed by atoms with E-state index in [0.29, 0.717) is 6.54 Å². The minimum Gasteiger partial charge on any atom is -0.392 e. The number of aliphatic hydroxyl groups excluding tert-OH is 1. The van der Waals surface area contributed by atoms with E-state index in [2.05, 4.69) is 4.90 Å². The molecule has 2 atom stereocenters. The summed E-state index contributed by atoms with van der Waals surface area (Å²) >= 11 is 0. The predicted molar refractivity (Wildman–Crippen MR) is 74.4 cm³/mol. The van der Waals surface area contributed by atoms with Crippen molar-refractivity contribution in [1.29, 1.82) is 0 Å². The summed E-state index contributed by atoms with van der Waals surface area (Å²) in [5.41, 5.74) is 0. The fourth-order valence-corrected chi connectivity index (χ4v) is 3.44. The third-order valence-electron chi connectivity index (χ3n) is 3.91. The molecule has 1 saturated heterocycles. The summed E-state index contributed by atoms with van der Waals surface area (Å²) in [5.74, 6) is 0.206. The van der Waals surface area contributed by atoms with Crippen molar-refractivity contribution in [2.45, 2.75) is 63.9 Å². The molecule has 0 radical (unpaired) electrons. The van der Waals surface area contributed by atoms with Gasteiger partial charge in [-0.3, -0.25) is 4.90 Å². The Morgan fingerprint density at radius 2 is 2.00 bits per heavy atom. The van der Waals surface area contributed by atoms with Crippen LogP contribution in [0.4, 0.5) is 0 Å². The summed E-state index contributed by atoms with van der Waals surface area (Å²) in [4.78, 5) is 2.16. The molecule has 0 spiro atoms. The van der Waals surface area contributed by atoms with E-state index >= 15 is 0 Å². The molecule has 1 fully saturated rings. The second-order valence-electron chi connectivity index (χ2n) is 5.49. The highest BCUT2D eigenvalue weighted by Crippen LogP contribution is 2.21. The third kappa shape index (κ3) is 4.21. The monoisotopic (exact) mass is 277 g/mol. The molecular formula is C13H27NO3S. The number of nitrogens with zero attached hydrogens (tertiary/aromatic N) is 1. The van der Waals surface area contributed by atoms with E-state index in [9.17, 15) is 13.5 Å². The normalized spacial score (nSPS) is 24.4. The van der Waals surface area contributed by atoms with Gasteiger partial charge >= 0.3 is 0 Å². The number of likely N-dealkylation sites (tertiary alicyclic amines) is 1. The minimum absolute atomic E-state index is 0.145. The molecule has 1 aliphatic rings. The van der Waals surface area contributed by atoms with Gasteiger partial charge in [-0.25, -0.2) is 8.42 Å². The lowest BCUT2D eigenvalue weighted by atomic mass is 9.96. The van der Waals surface area contributed by atoms with Gasteiger partial charge in [-0.2, -0.15) is 0 Å². The van der Waals surface area contributed by atoms with E-state index in [1.54, 1.807) is 13.8 Å². The molecule has 0 unspecified atom stereocenters. The van der Waals surface area contributed by atoms with Crippen LogP contribution >= 0.6 is 0 Å². The minimum atomic E-state index is -2.98. The van der Waals surface area contributed by atoms with Crippen LogP contribution in [0.5, 0.6) is 0 Å². The van der Waals surface area contributed by atoms with Crippen LogP contribution in [0.1, 0.15) is 46.5 Å². The van der Waals surface area contributed by atoms with Gasteiger partial charge in [0.1, 0.15) is 0 Å². The molecule has 0 bridgehead atoms. The highest BCUT2D eigenvalue weighted by Gasteiger charge is 2.29. The van der Waals surface area contributed by atoms with Crippen molar-refractivity contribution in [3.63, 3.8) is 0 Å². The summed E-state index contributed by atoms with van der Waals surface area (Å²) in [5, 5.41) is 9.69. The van der Waals surface area contributed by atoms with E-state index in [1.807, 2.05) is 6.92 Å². The van der Waals surface area contributed by atoms with Crippen molar-refractivity contribution in [1.82, 2.24) is 4.90 Å². The number of sulfone groups is 1. The highest BCUT2D eigenvalue weighted by molar-refractivity contribution is 7.92. The maximum Gasteiger partial charge on any atom is 0.153 e. The number of hydrogen-bond acceptors (Lipinski definition) is 4. The van der Waals surface area contributed by atoms with Crippen LogP contribution in [-0.4, -0.2) is 54.7 Å². The largest absolute Gasteiger partial charge is 0.392 e. The lowest BCUT2D eigenvalue weighted by molar-refractivity contribution is 0.0275. The van der Waals surface area contributed by atoms with Gasteiger partial charge in [-0.05, 0) is 39.7 Å². The van der Waals surface area contributed by atoms with E-state index in [0.717, 1.165) is 32.2 Å². The Kier molecular flexibility index (Phi) is 6.08. The first-order valence-corrected chi connectivity index (χ1v) is 8.73. The van der Waals surface area contributed by atoms with Crippen LogP contribution in [0.2, 0.25) is 0 Å². The molecule has 18 heavy (non-hydrogen) atoms. The van der Waals surface area contributed by atoms with Crippen LogP contribution in [0.15, 0.2) is 0 Å². The number of aliphatic hydroxyl groups is 1. The van der Waals surface area contributed by atoms with Crippen molar-refractivity contribution >= 4 is 9.84 Å². The number of rotatable bonds is 6. The Morgan fingerprint density at radius 3 is 2.56 bits per heavy atom. The van der Waals surface area contributed by atoms with Gasteiger partial charge in [-0.1, -0.05) is 13.3 Å². The van der Waals surface area contributed by atoms with E-state index < -0.39 is 9.84 Å². The molecule has 0 aromatic rings. The van der Waals surface area contributed by atoms with E-state index in [-0.39, 0.29) is 23.1 Å². The van der Waals surface area contributed by atoms with Gasteiger partial charge in [0.05, 0.1) is 17.1 Å². The van der Waals surface area contributed by atoms with Crippen molar-refractivity contribution in [3.05, 3.63) is 0 Å². The van der Waals surface area contributed by atoms with E-state index in [4.69, 9.17) is 0 Å². The first-order chi connectivity index (χ1) is 8.38. The predicted octanol–water partition coefficient (Wildman–Crippen LogP) is 1.44. The lowest BCUT2D eigenvalue weighted by Crippen LogP contribution is -2.48. The topological polar surface area (TPSA) is 57.6 Å². The summed E-state index contributed by atoms with van der Waals surface area (Å²) in [6.07, 6.45) is 3.63. The maximum absolute atomic E-state index is 11.8. The van der Waals surface area contributed by atoms with Crippen LogP contribution in [0.25, 0.3) is 0 Å². The first kappa shape index (κ1) is 15.9. The van der Waals surface area contributed by atoms with Crippen molar-refractivity contribution in [2.75, 3.05) is 18.8 Å². The molecule has 0 aromatic heterocycles. The zero-order valence-corrected chi connectivity index (χ0v) is 12.6. The molecule has 4 nitrogen and oxygen atoms in total. The summed E-state index contributed by atoms with van der Waals surface area (Å²) in [6.45, 7) is 6.90. The summed E-state index contributed by atoms with van der Waals surface area (Å²) < 4.78 is 23.7. The Labute approximate surface area is 111 Å². The van der Waals surface area contributed by atoms with E-state index in [1.165, 1.54) is 0 Å². The Hall–Kier alpha value is -0.130. The number of piperidine rings is 1. The average molecular weight is 277 g/mol. The quantitative estimate of drug-likeness (QED) is 0.798. The SMILES string of the molecule is CC[C@@H](O)[C@@H]1CCCCN1CCS(=O)(=O)C(C)C. The van der Waals surface area contributed by atoms with Crippen molar-refractivity contribution in [3.8, 4) is 0 Å². The molecule has 0 aromatic carbocycles. The molecule has 0 saturated carbocycles. The Balaban J connectivity index is 2.58. The van der Waals surface area contributed by atoms with Gasteiger partial charge in [0.15, 0.2) is 9.84 Å². The van der Waals surface area contributed by atoms with Crippen molar-refractivity contribution < 1.29 is 13.5 Å². The Bertz CT molecular complexity index is 340. The van der Waals surface area contributed by atoms with Gasteiger partial charge in [0.25, 0.3) is 0 Å². The van der Waals surface area contributed by atoms with Gasteiger partial charge < -0.3 is 5.11 Å². The highest BCUT2D eigenvalue weighted by atomic mass is 32.2. The first-order valence-electron chi connectivity index (χ1n) is 7.02. The zero-order valence-electron chi connectivity index (χ0n) is 11.8. The smallest absolute Gasteiger partial charge is 0.153 e. The molecule has 1 N–H and O–H groups in total. The molecule has 1 aliphatic heterocycles. The van der Waals surface area contributed by atoms with Gasteiger partial charge in [-0.15, -0.1) is 0 Å². The zero-order chi connectivity index (χ0) is 13.8. The molecule has 1 heterocycles. The fraction of sp³-hybridized carbons (Fsp3) is 1.00. The molecule has 0 aliphatic carbocycles. The van der Waals surface area contributed by atoms with Gasteiger partial charge in [0.2, 0.25) is 0 Å². The molecule has 1 rings (SSSR count). The van der Waals surface area contributed by atoms with Crippen molar-refractivity contribution in [2.24, 2.45) is 0 Å². The lowest BCUT2D eigenvalue weighted by Gasteiger charge is -2.38. The fourth-order valence-electron chi connectivity index (χ4n) is 2.48. The standard InChI is InChI=1S/C13H27NO3S/c1-4-13(15)12-7-5-6-8-14(12)9-10-18(16,17)11(2)3/h11-13,15H,4-10H2,1-3H3/t12-,13+/m0/s1. The van der Waals surface area contributed by atoms with Crippen LogP contribution in [0.3, 0.4) is 0 Å². The van der Waals surface area contributed by atoms with Crippen LogP contribution in [0, 0.1) is 0 Å². The van der Waals surface area contributed by atoms with Crippen LogP contribution in [-0.2, 0) is 9.84 Å². The summed E-state index contributed by atoms with van der Waals surface area (Å²) in [6, 6.07) is 0.145. The molecule has 108 valence electrons. The number of hydrogen-bond donors (Lipinski definition) is 1. The van der Waals surface area contributed by atoms with Crippen LogP contribution < -0.4 is 0 Å². The maximum atomic E-state index is 11.8. The third-order valence-corrected chi connectivity index (χ3v) is 6.10. The summed E-state index contributed by atoms with van der Waals surface area (Å²) in [7, 11) is -2.98. The molecular weight excluding hydrogens is 250 g/mol. The second-order valence-corrected chi connectivity index (χ2v) is 8.17. The second kappa shape index (κ2) is 6.87. The molecule has 5 heteroatoms. The Morgan fingerprint density at radius 1 is 1.33 bits per heavy atom.